The topological polar surface area (TPSA) is 63.4 Å². The van der Waals surface area contributed by atoms with Crippen molar-refractivity contribution in [3.05, 3.63) is 22.7 Å². The molecule has 0 unspecified atom stereocenters. The van der Waals surface area contributed by atoms with E-state index in [4.69, 9.17) is 5.73 Å². The molecule has 0 atom stereocenters. The van der Waals surface area contributed by atoms with Gasteiger partial charge in [-0.1, -0.05) is 13.8 Å². The molecule has 2 N–H and O–H groups in total. The van der Waals surface area contributed by atoms with Crippen LogP contribution in [0.1, 0.15) is 26.7 Å². The molecule has 0 amide bonds. The van der Waals surface area contributed by atoms with E-state index < -0.39 is 10.0 Å². The largest absolute Gasteiger partial charge is 0.399 e. The number of anilines is 1. The molecule has 0 spiro atoms. The van der Waals surface area contributed by atoms with Crippen LogP contribution >= 0.6 is 15.9 Å². The van der Waals surface area contributed by atoms with Gasteiger partial charge in [0.15, 0.2) is 0 Å². The minimum absolute atomic E-state index is 0.164. The van der Waals surface area contributed by atoms with Gasteiger partial charge in [0.2, 0.25) is 10.0 Å². The van der Waals surface area contributed by atoms with Crippen LogP contribution in [-0.4, -0.2) is 25.3 Å². The first-order valence-electron chi connectivity index (χ1n) is 6.39. The zero-order valence-corrected chi connectivity index (χ0v) is 13.5. The molecule has 6 heteroatoms. The van der Waals surface area contributed by atoms with Gasteiger partial charge in [0.25, 0.3) is 0 Å². The summed E-state index contributed by atoms with van der Waals surface area (Å²) < 4.78 is 27.6. The number of nitrogen functional groups attached to an aromatic ring is 1. The summed E-state index contributed by atoms with van der Waals surface area (Å²) in [5.41, 5.74) is 6.21. The van der Waals surface area contributed by atoms with Crippen LogP contribution in [0.4, 0.5) is 5.69 Å². The van der Waals surface area contributed by atoms with E-state index in [1.165, 1.54) is 0 Å². The van der Waals surface area contributed by atoms with E-state index in [1.54, 1.807) is 22.5 Å². The highest BCUT2D eigenvalue weighted by Crippen LogP contribution is 2.35. The number of rotatable bonds is 5. The number of benzene rings is 1. The van der Waals surface area contributed by atoms with Gasteiger partial charge in [0.1, 0.15) is 0 Å². The van der Waals surface area contributed by atoms with Crippen molar-refractivity contribution in [3.63, 3.8) is 0 Å². The Morgan fingerprint density at radius 2 is 2.05 bits per heavy atom. The second kappa shape index (κ2) is 5.42. The van der Waals surface area contributed by atoms with Gasteiger partial charge in [-0.2, -0.15) is 4.31 Å². The molecule has 0 heterocycles. The highest BCUT2D eigenvalue weighted by atomic mass is 79.9. The maximum atomic E-state index is 12.7. The van der Waals surface area contributed by atoms with Gasteiger partial charge in [-0.3, -0.25) is 0 Å². The summed E-state index contributed by atoms with van der Waals surface area (Å²) in [4.78, 5) is 0.300. The molecule has 1 saturated carbocycles. The number of halogens is 1. The van der Waals surface area contributed by atoms with Gasteiger partial charge >= 0.3 is 0 Å². The SMILES string of the molecule is CC(C)CN(C1CC1)S(=O)(=O)c1ccc(N)cc1Br. The average Bonchev–Trinajstić information content (AvgIpc) is 3.08. The van der Waals surface area contributed by atoms with E-state index in [2.05, 4.69) is 15.9 Å². The van der Waals surface area contributed by atoms with Gasteiger partial charge in [0.05, 0.1) is 4.90 Å². The summed E-state index contributed by atoms with van der Waals surface area (Å²) >= 11 is 3.30. The van der Waals surface area contributed by atoms with Gasteiger partial charge in [0, 0.05) is 22.7 Å². The van der Waals surface area contributed by atoms with Crippen molar-refractivity contribution in [2.45, 2.75) is 37.6 Å². The molecule has 0 saturated heterocycles. The molecular weight excluding hydrogens is 328 g/mol. The average molecular weight is 347 g/mol. The van der Waals surface area contributed by atoms with E-state index in [0.717, 1.165) is 12.8 Å². The first-order valence-corrected chi connectivity index (χ1v) is 8.62. The van der Waals surface area contributed by atoms with Crippen LogP contribution in [-0.2, 0) is 10.0 Å². The molecule has 2 rings (SSSR count). The second-order valence-electron chi connectivity index (χ2n) is 5.39. The summed E-state index contributed by atoms with van der Waals surface area (Å²) in [6.07, 6.45) is 1.91. The molecule has 0 aromatic heterocycles. The first kappa shape index (κ1) is 14.8. The summed E-state index contributed by atoms with van der Waals surface area (Å²) in [6.45, 7) is 4.62. The molecular formula is C13H19BrN2O2S. The Labute approximate surface area is 123 Å². The fourth-order valence-corrected chi connectivity index (χ4v) is 4.92. The maximum absolute atomic E-state index is 12.7. The molecule has 19 heavy (non-hydrogen) atoms. The quantitative estimate of drug-likeness (QED) is 0.833. The van der Waals surface area contributed by atoms with Gasteiger partial charge < -0.3 is 5.73 Å². The van der Waals surface area contributed by atoms with Crippen molar-refractivity contribution < 1.29 is 8.42 Å². The highest BCUT2D eigenvalue weighted by Gasteiger charge is 2.38. The van der Waals surface area contributed by atoms with Crippen molar-refractivity contribution in [1.29, 1.82) is 0 Å². The Hall–Kier alpha value is -0.590. The third kappa shape index (κ3) is 3.30. The van der Waals surface area contributed by atoms with Crippen LogP contribution in [0.25, 0.3) is 0 Å². The first-order chi connectivity index (χ1) is 8.82. The highest BCUT2D eigenvalue weighted by molar-refractivity contribution is 9.10. The summed E-state index contributed by atoms with van der Waals surface area (Å²) in [7, 11) is -3.45. The summed E-state index contributed by atoms with van der Waals surface area (Å²) in [5, 5.41) is 0. The summed E-state index contributed by atoms with van der Waals surface area (Å²) in [5.74, 6) is 0.308. The predicted octanol–water partition coefficient (Wildman–Crippen LogP) is 2.84. The minimum Gasteiger partial charge on any atom is -0.399 e. The number of nitrogens with two attached hydrogens (primary N) is 1. The zero-order valence-electron chi connectivity index (χ0n) is 11.1. The molecule has 1 aromatic rings. The van der Waals surface area contributed by atoms with E-state index in [9.17, 15) is 8.42 Å². The zero-order chi connectivity index (χ0) is 14.2. The van der Waals surface area contributed by atoms with Gasteiger partial charge in [-0.15, -0.1) is 0 Å². The minimum atomic E-state index is -3.45. The van der Waals surface area contributed by atoms with Crippen molar-refractivity contribution in [2.75, 3.05) is 12.3 Å². The number of hydrogen-bond acceptors (Lipinski definition) is 3. The van der Waals surface area contributed by atoms with E-state index in [-0.39, 0.29) is 6.04 Å². The van der Waals surface area contributed by atoms with Gasteiger partial charge in [-0.25, -0.2) is 8.42 Å². The van der Waals surface area contributed by atoms with Crippen LogP contribution in [0.3, 0.4) is 0 Å². The third-order valence-electron chi connectivity index (χ3n) is 3.04. The molecule has 1 fully saturated rings. The Morgan fingerprint density at radius 1 is 1.42 bits per heavy atom. The lowest BCUT2D eigenvalue weighted by Crippen LogP contribution is -2.36. The Balaban J connectivity index is 2.38. The number of sulfonamides is 1. The smallest absolute Gasteiger partial charge is 0.244 e. The molecule has 0 aliphatic heterocycles. The van der Waals surface area contributed by atoms with Crippen molar-refractivity contribution >= 4 is 31.6 Å². The number of hydrogen-bond donors (Lipinski definition) is 1. The lowest BCUT2D eigenvalue weighted by Gasteiger charge is -2.24. The fourth-order valence-electron chi connectivity index (χ4n) is 2.02. The lowest BCUT2D eigenvalue weighted by molar-refractivity contribution is 0.360. The number of nitrogens with zero attached hydrogens (tertiary/aromatic N) is 1. The molecule has 1 aromatic carbocycles. The van der Waals surface area contributed by atoms with E-state index >= 15 is 0 Å². The lowest BCUT2D eigenvalue weighted by atomic mass is 10.2. The standard InChI is InChI=1S/C13H19BrN2O2S/c1-9(2)8-16(11-4-5-11)19(17,18)13-6-3-10(15)7-12(13)14/h3,6-7,9,11H,4-5,8,15H2,1-2H3. The Kier molecular flexibility index (Phi) is 4.23. The Morgan fingerprint density at radius 3 is 2.53 bits per heavy atom. The maximum Gasteiger partial charge on any atom is 0.244 e. The molecule has 106 valence electrons. The monoisotopic (exact) mass is 346 g/mol. The van der Waals surface area contributed by atoms with Crippen molar-refractivity contribution in [2.24, 2.45) is 5.92 Å². The van der Waals surface area contributed by atoms with Crippen LogP contribution in [0.5, 0.6) is 0 Å². The van der Waals surface area contributed by atoms with Crippen LogP contribution in [0, 0.1) is 5.92 Å². The third-order valence-corrected chi connectivity index (χ3v) is 5.94. The van der Waals surface area contributed by atoms with Crippen LogP contribution < -0.4 is 5.73 Å². The summed E-state index contributed by atoms with van der Waals surface area (Å²) in [6, 6.07) is 4.99. The molecule has 4 nitrogen and oxygen atoms in total. The molecule has 0 radical (unpaired) electrons. The van der Waals surface area contributed by atoms with Gasteiger partial charge in [-0.05, 0) is 52.9 Å². The van der Waals surface area contributed by atoms with E-state index in [1.807, 2.05) is 13.8 Å². The van der Waals surface area contributed by atoms with Crippen molar-refractivity contribution in [1.82, 2.24) is 4.31 Å². The normalized spacial score (nSPS) is 16.3. The second-order valence-corrected chi connectivity index (χ2v) is 8.10. The predicted molar refractivity (Wildman–Crippen MR) is 80.3 cm³/mol. The van der Waals surface area contributed by atoms with Crippen LogP contribution in [0.2, 0.25) is 0 Å². The molecule has 0 bridgehead atoms. The van der Waals surface area contributed by atoms with Crippen molar-refractivity contribution in [3.8, 4) is 0 Å². The molecule has 1 aliphatic carbocycles. The fraction of sp³-hybridized carbons (Fsp3) is 0.538. The van der Waals surface area contributed by atoms with E-state index in [0.29, 0.717) is 27.5 Å². The molecule has 1 aliphatic rings. The Bertz CT molecular complexity index is 568. The van der Waals surface area contributed by atoms with Crippen LogP contribution in [0.15, 0.2) is 27.6 Å².